The van der Waals surface area contributed by atoms with Crippen molar-refractivity contribution < 1.29 is 9.72 Å². The van der Waals surface area contributed by atoms with Crippen molar-refractivity contribution in [2.24, 2.45) is 0 Å². The fourth-order valence-electron chi connectivity index (χ4n) is 1.15. The molecule has 0 aliphatic heterocycles. The number of benzene rings is 1. The van der Waals surface area contributed by atoms with Gasteiger partial charge < -0.3 is 10.6 Å². The van der Waals surface area contributed by atoms with Gasteiger partial charge in [0.05, 0.1) is 4.92 Å². The fraction of sp³-hybridized carbons (Fsp3) is 0.300. The van der Waals surface area contributed by atoms with Crippen LogP contribution in [0.3, 0.4) is 0 Å². The zero-order valence-corrected chi connectivity index (χ0v) is 8.90. The standard InChI is InChI=1S/C10H13N3O3/c1-11-10(14)6-7-12-8-2-4-9(5-3-8)13(15)16/h2-5,12H,6-7H2,1H3,(H,11,14). The van der Waals surface area contributed by atoms with Crippen LogP contribution in [0.25, 0.3) is 0 Å². The highest BCUT2D eigenvalue weighted by molar-refractivity contribution is 5.76. The van der Waals surface area contributed by atoms with Crippen molar-refractivity contribution in [2.75, 3.05) is 18.9 Å². The van der Waals surface area contributed by atoms with Gasteiger partial charge in [-0.15, -0.1) is 0 Å². The van der Waals surface area contributed by atoms with Crippen LogP contribution in [0, 0.1) is 10.1 Å². The number of nitro benzene ring substituents is 1. The Bertz CT molecular complexity index is 375. The van der Waals surface area contributed by atoms with E-state index in [-0.39, 0.29) is 11.6 Å². The number of hydrogen-bond donors (Lipinski definition) is 2. The molecule has 0 heterocycles. The lowest BCUT2D eigenvalue weighted by Gasteiger charge is -2.04. The second-order valence-electron chi connectivity index (χ2n) is 3.15. The van der Waals surface area contributed by atoms with Gasteiger partial charge in [0.15, 0.2) is 0 Å². The highest BCUT2D eigenvalue weighted by Gasteiger charge is 2.03. The Labute approximate surface area is 92.8 Å². The van der Waals surface area contributed by atoms with E-state index >= 15 is 0 Å². The zero-order chi connectivity index (χ0) is 12.0. The molecule has 0 bridgehead atoms. The summed E-state index contributed by atoms with van der Waals surface area (Å²) >= 11 is 0. The average molecular weight is 223 g/mol. The summed E-state index contributed by atoms with van der Waals surface area (Å²) in [6.07, 6.45) is 0.369. The molecule has 1 amide bonds. The molecule has 0 aromatic heterocycles. The van der Waals surface area contributed by atoms with Gasteiger partial charge in [-0.05, 0) is 12.1 Å². The molecule has 1 aromatic rings. The predicted octanol–water partition coefficient (Wildman–Crippen LogP) is 1.14. The second kappa shape index (κ2) is 5.69. The van der Waals surface area contributed by atoms with Gasteiger partial charge in [0.25, 0.3) is 5.69 Å². The lowest BCUT2D eigenvalue weighted by atomic mass is 10.3. The van der Waals surface area contributed by atoms with Gasteiger partial charge in [0.2, 0.25) is 5.91 Å². The third-order valence-electron chi connectivity index (χ3n) is 2.04. The third kappa shape index (κ3) is 3.56. The molecule has 0 atom stereocenters. The van der Waals surface area contributed by atoms with E-state index in [9.17, 15) is 14.9 Å². The van der Waals surface area contributed by atoms with Crippen molar-refractivity contribution in [3.63, 3.8) is 0 Å². The van der Waals surface area contributed by atoms with E-state index in [0.717, 1.165) is 5.69 Å². The summed E-state index contributed by atoms with van der Waals surface area (Å²) < 4.78 is 0. The minimum atomic E-state index is -0.450. The van der Waals surface area contributed by atoms with Gasteiger partial charge in [-0.3, -0.25) is 14.9 Å². The molecular formula is C10H13N3O3. The van der Waals surface area contributed by atoms with Crippen molar-refractivity contribution >= 4 is 17.3 Å². The van der Waals surface area contributed by atoms with Crippen LogP contribution in [0.15, 0.2) is 24.3 Å². The van der Waals surface area contributed by atoms with Gasteiger partial charge in [0.1, 0.15) is 0 Å². The Morgan fingerprint density at radius 1 is 1.38 bits per heavy atom. The third-order valence-corrected chi connectivity index (χ3v) is 2.04. The van der Waals surface area contributed by atoms with E-state index in [0.29, 0.717) is 13.0 Å². The summed E-state index contributed by atoms with van der Waals surface area (Å²) in [5, 5.41) is 15.9. The van der Waals surface area contributed by atoms with Crippen molar-refractivity contribution in [1.82, 2.24) is 5.32 Å². The minimum Gasteiger partial charge on any atom is -0.385 e. The SMILES string of the molecule is CNC(=O)CCNc1ccc([N+](=O)[O-])cc1. The Kier molecular flexibility index (Phi) is 4.26. The first-order valence-electron chi connectivity index (χ1n) is 4.82. The summed E-state index contributed by atoms with van der Waals surface area (Å²) in [6.45, 7) is 0.498. The summed E-state index contributed by atoms with van der Waals surface area (Å²) in [5.41, 5.74) is 0.811. The van der Waals surface area contributed by atoms with Gasteiger partial charge >= 0.3 is 0 Å². The second-order valence-corrected chi connectivity index (χ2v) is 3.15. The molecule has 0 aliphatic rings. The maximum atomic E-state index is 10.9. The number of nitrogens with zero attached hydrogens (tertiary/aromatic N) is 1. The van der Waals surface area contributed by atoms with Crippen molar-refractivity contribution in [1.29, 1.82) is 0 Å². The largest absolute Gasteiger partial charge is 0.385 e. The van der Waals surface area contributed by atoms with Crippen LogP contribution in [0.5, 0.6) is 0 Å². The highest BCUT2D eigenvalue weighted by atomic mass is 16.6. The van der Waals surface area contributed by atoms with E-state index < -0.39 is 4.92 Å². The Morgan fingerprint density at radius 2 is 2.00 bits per heavy atom. The molecule has 2 N–H and O–H groups in total. The molecule has 0 unspecified atom stereocenters. The summed E-state index contributed by atoms with van der Waals surface area (Å²) in [6, 6.07) is 6.06. The Hall–Kier alpha value is -2.11. The fourth-order valence-corrected chi connectivity index (χ4v) is 1.15. The molecule has 6 heteroatoms. The molecule has 0 fully saturated rings. The van der Waals surface area contributed by atoms with Crippen LogP contribution in [-0.4, -0.2) is 24.4 Å². The normalized spacial score (nSPS) is 9.56. The number of hydrogen-bond acceptors (Lipinski definition) is 4. The Morgan fingerprint density at radius 3 is 2.50 bits per heavy atom. The Balaban J connectivity index is 2.43. The van der Waals surface area contributed by atoms with E-state index in [1.807, 2.05) is 0 Å². The van der Waals surface area contributed by atoms with E-state index in [1.165, 1.54) is 12.1 Å². The number of anilines is 1. The molecule has 1 aromatic carbocycles. The topological polar surface area (TPSA) is 84.3 Å². The van der Waals surface area contributed by atoms with Gasteiger partial charge in [0, 0.05) is 37.8 Å². The average Bonchev–Trinajstić information content (AvgIpc) is 2.29. The van der Waals surface area contributed by atoms with Crippen LogP contribution in [0.2, 0.25) is 0 Å². The van der Waals surface area contributed by atoms with Crippen molar-refractivity contribution in [3.05, 3.63) is 34.4 Å². The monoisotopic (exact) mass is 223 g/mol. The van der Waals surface area contributed by atoms with Crippen LogP contribution in [0.4, 0.5) is 11.4 Å². The van der Waals surface area contributed by atoms with Gasteiger partial charge in [-0.1, -0.05) is 0 Å². The minimum absolute atomic E-state index is 0.0468. The van der Waals surface area contributed by atoms with E-state index in [4.69, 9.17) is 0 Å². The van der Waals surface area contributed by atoms with E-state index in [1.54, 1.807) is 19.2 Å². The smallest absolute Gasteiger partial charge is 0.269 e. The highest BCUT2D eigenvalue weighted by Crippen LogP contribution is 2.15. The number of nitro groups is 1. The first-order chi connectivity index (χ1) is 7.63. The number of carbonyl (C=O) groups excluding carboxylic acids is 1. The molecule has 6 nitrogen and oxygen atoms in total. The molecule has 16 heavy (non-hydrogen) atoms. The molecule has 0 radical (unpaired) electrons. The number of carbonyl (C=O) groups is 1. The maximum absolute atomic E-state index is 10.9. The summed E-state index contributed by atoms with van der Waals surface area (Å²) in [4.78, 5) is 20.8. The molecule has 86 valence electrons. The summed E-state index contributed by atoms with van der Waals surface area (Å²) in [5.74, 6) is -0.0468. The van der Waals surface area contributed by atoms with E-state index in [2.05, 4.69) is 10.6 Å². The molecule has 1 rings (SSSR count). The quantitative estimate of drug-likeness (QED) is 0.579. The molecule has 0 saturated heterocycles. The van der Waals surface area contributed by atoms with Crippen molar-refractivity contribution in [3.8, 4) is 0 Å². The zero-order valence-electron chi connectivity index (χ0n) is 8.90. The number of amides is 1. The number of non-ortho nitro benzene ring substituents is 1. The van der Waals surface area contributed by atoms with Gasteiger partial charge in [-0.2, -0.15) is 0 Å². The van der Waals surface area contributed by atoms with Crippen LogP contribution in [0.1, 0.15) is 6.42 Å². The number of nitrogens with one attached hydrogen (secondary N) is 2. The van der Waals surface area contributed by atoms with Crippen LogP contribution in [-0.2, 0) is 4.79 Å². The van der Waals surface area contributed by atoms with Crippen molar-refractivity contribution in [2.45, 2.75) is 6.42 Å². The molecule has 0 saturated carbocycles. The van der Waals surface area contributed by atoms with Crippen LogP contribution < -0.4 is 10.6 Å². The molecular weight excluding hydrogens is 210 g/mol. The lowest BCUT2D eigenvalue weighted by molar-refractivity contribution is -0.384. The number of rotatable bonds is 5. The first-order valence-corrected chi connectivity index (χ1v) is 4.82. The maximum Gasteiger partial charge on any atom is 0.269 e. The van der Waals surface area contributed by atoms with Crippen LogP contribution >= 0.6 is 0 Å². The lowest BCUT2D eigenvalue weighted by Crippen LogP contribution is -2.20. The first kappa shape index (κ1) is 12.0. The predicted molar refractivity (Wildman–Crippen MR) is 60.3 cm³/mol. The molecule has 0 aliphatic carbocycles. The molecule has 0 spiro atoms. The van der Waals surface area contributed by atoms with Gasteiger partial charge in [-0.25, -0.2) is 0 Å². The summed E-state index contributed by atoms with van der Waals surface area (Å²) in [7, 11) is 1.58.